The fourth-order valence-corrected chi connectivity index (χ4v) is 2.53. The van der Waals surface area contributed by atoms with Crippen LogP contribution >= 0.6 is 0 Å². The lowest BCUT2D eigenvalue weighted by Crippen LogP contribution is -2.40. The molecule has 1 aliphatic heterocycles. The van der Waals surface area contributed by atoms with Gasteiger partial charge in [0.15, 0.2) is 0 Å². The normalized spacial score (nSPS) is 20.2. The summed E-state index contributed by atoms with van der Waals surface area (Å²) in [7, 11) is 0. The van der Waals surface area contributed by atoms with Crippen LogP contribution < -0.4 is 4.90 Å². The highest BCUT2D eigenvalue weighted by atomic mass is 19.1. The Labute approximate surface area is 99.9 Å². The fourth-order valence-electron chi connectivity index (χ4n) is 2.53. The van der Waals surface area contributed by atoms with Crippen LogP contribution in [0, 0.1) is 11.7 Å². The highest BCUT2D eigenvalue weighted by molar-refractivity contribution is 5.73. The van der Waals surface area contributed by atoms with Crippen LogP contribution in [0.1, 0.15) is 19.4 Å². The summed E-state index contributed by atoms with van der Waals surface area (Å²) < 4.78 is 13.7. The third-order valence-electron chi connectivity index (χ3n) is 3.52. The van der Waals surface area contributed by atoms with Gasteiger partial charge >= 0.3 is 5.97 Å². The maximum absolute atomic E-state index is 13.7. The second-order valence-corrected chi connectivity index (χ2v) is 4.42. The van der Waals surface area contributed by atoms with E-state index in [4.69, 9.17) is 5.11 Å². The molecule has 1 aliphatic rings. The van der Waals surface area contributed by atoms with Gasteiger partial charge in [0, 0.05) is 23.8 Å². The number of benzene rings is 1. The van der Waals surface area contributed by atoms with Crippen molar-refractivity contribution in [2.45, 2.75) is 26.3 Å². The van der Waals surface area contributed by atoms with Crippen LogP contribution in [0.15, 0.2) is 18.2 Å². The molecule has 0 saturated carbocycles. The van der Waals surface area contributed by atoms with Crippen molar-refractivity contribution >= 4 is 11.7 Å². The molecular formula is C13H16FNO2. The number of hydrogen-bond acceptors (Lipinski definition) is 2. The van der Waals surface area contributed by atoms with E-state index in [1.807, 2.05) is 17.9 Å². The molecule has 2 rings (SSSR count). The number of rotatable bonds is 3. The number of halogens is 1. The van der Waals surface area contributed by atoms with E-state index in [9.17, 15) is 9.18 Å². The predicted octanol–water partition coefficient (Wildman–Crippen LogP) is 2.30. The van der Waals surface area contributed by atoms with Crippen LogP contribution in [0.3, 0.4) is 0 Å². The van der Waals surface area contributed by atoms with Crippen molar-refractivity contribution in [1.82, 2.24) is 0 Å². The van der Waals surface area contributed by atoms with Gasteiger partial charge < -0.3 is 10.0 Å². The first-order chi connectivity index (χ1) is 8.06. The van der Waals surface area contributed by atoms with Gasteiger partial charge in [0.25, 0.3) is 0 Å². The molecule has 92 valence electrons. The summed E-state index contributed by atoms with van der Waals surface area (Å²) >= 11 is 0. The molecule has 1 aromatic rings. The number of aliphatic carboxylic acids is 1. The topological polar surface area (TPSA) is 40.5 Å². The molecule has 0 saturated heterocycles. The molecule has 0 radical (unpaired) electrons. The van der Waals surface area contributed by atoms with Crippen molar-refractivity contribution in [2.24, 2.45) is 5.92 Å². The van der Waals surface area contributed by atoms with Crippen molar-refractivity contribution in [3.05, 3.63) is 29.6 Å². The second-order valence-electron chi connectivity index (χ2n) is 4.42. The molecule has 0 spiro atoms. The van der Waals surface area contributed by atoms with Crippen molar-refractivity contribution in [3.8, 4) is 0 Å². The zero-order chi connectivity index (χ0) is 12.6. The summed E-state index contributed by atoms with van der Waals surface area (Å²) in [5.41, 5.74) is 1.48. The Bertz CT molecular complexity index is 447. The molecule has 2 atom stereocenters. The number of anilines is 1. The van der Waals surface area contributed by atoms with Gasteiger partial charge in [-0.1, -0.05) is 6.07 Å². The molecule has 0 aliphatic carbocycles. The molecule has 4 heteroatoms. The number of fused-ring (bicyclic) bond motifs is 1. The Kier molecular flexibility index (Phi) is 3.05. The third-order valence-corrected chi connectivity index (χ3v) is 3.52. The Hall–Kier alpha value is -1.58. The molecule has 0 fully saturated rings. The van der Waals surface area contributed by atoms with Crippen molar-refractivity contribution in [3.63, 3.8) is 0 Å². The van der Waals surface area contributed by atoms with Crippen LogP contribution in [-0.4, -0.2) is 23.7 Å². The Morgan fingerprint density at radius 2 is 2.35 bits per heavy atom. The number of likely N-dealkylation sites (N-methyl/N-ethyl adjacent to an activating group) is 1. The van der Waals surface area contributed by atoms with Crippen LogP contribution in [0.5, 0.6) is 0 Å². The molecule has 17 heavy (non-hydrogen) atoms. The maximum atomic E-state index is 13.7. The molecule has 0 bridgehead atoms. The summed E-state index contributed by atoms with van der Waals surface area (Å²) in [5, 5.41) is 9.08. The van der Waals surface area contributed by atoms with Gasteiger partial charge in [-0.3, -0.25) is 4.79 Å². The maximum Gasteiger partial charge on any atom is 0.308 e. The standard InChI is InChI=1S/C13H16FNO2/c1-3-15-11-6-4-5-10(14)9(11)7-12(15)8(2)13(16)17/h4-6,8,12H,3,7H2,1-2H3,(H,16,17). The molecule has 1 heterocycles. The van der Waals surface area contributed by atoms with Crippen molar-refractivity contribution in [1.29, 1.82) is 0 Å². The summed E-state index contributed by atoms with van der Waals surface area (Å²) in [4.78, 5) is 13.0. The highest BCUT2D eigenvalue weighted by Crippen LogP contribution is 2.36. The Balaban J connectivity index is 2.38. The number of carbonyl (C=O) groups is 1. The SMILES string of the molecule is CCN1c2cccc(F)c2CC1C(C)C(=O)O. The minimum Gasteiger partial charge on any atom is -0.481 e. The van der Waals surface area contributed by atoms with Crippen molar-refractivity contribution in [2.75, 3.05) is 11.4 Å². The van der Waals surface area contributed by atoms with Crippen LogP contribution in [0.25, 0.3) is 0 Å². The van der Waals surface area contributed by atoms with E-state index in [2.05, 4.69) is 0 Å². The number of hydrogen-bond donors (Lipinski definition) is 1. The molecule has 1 aromatic carbocycles. The Morgan fingerprint density at radius 1 is 1.65 bits per heavy atom. The number of nitrogens with zero attached hydrogens (tertiary/aromatic N) is 1. The Morgan fingerprint density at radius 3 is 2.94 bits per heavy atom. The zero-order valence-corrected chi connectivity index (χ0v) is 9.98. The lowest BCUT2D eigenvalue weighted by Gasteiger charge is -2.28. The molecule has 1 N–H and O–H groups in total. The minimum atomic E-state index is -0.832. The van der Waals surface area contributed by atoms with E-state index in [0.29, 0.717) is 18.5 Å². The summed E-state index contributed by atoms with van der Waals surface area (Å²) in [5.74, 6) is -1.57. The molecule has 3 nitrogen and oxygen atoms in total. The van der Waals surface area contributed by atoms with E-state index >= 15 is 0 Å². The second kappa shape index (κ2) is 4.35. The number of carboxylic acids is 1. The van der Waals surface area contributed by atoms with E-state index < -0.39 is 11.9 Å². The van der Waals surface area contributed by atoms with E-state index in [-0.39, 0.29) is 11.9 Å². The van der Waals surface area contributed by atoms with Gasteiger partial charge in [0.2, 0.25) is 0 Å². The summed E-state index contributed by atoms with van der Waals surface area (Å²) in [6, 6.07) is 4.81. The minimum absolute atomic E-state index is 0.149. The molecule has 0 amide bonds. The first-order valence-electron chi connectivity index (χ1n) is 5.83. The number of carboxylic acid groups (broad SMARTS) is 1. The average molecular weight is 237 g/mol. The van der Waals surface area contributed by atoms with Crippen molar-refractivity contribution < 1.29 is 14.3 Å². The summed E-state index contributed by atoms with van der Waals surface area (Å²) in [6.45, 7) is 4.33. The van der Waals surface area contributed by atoms with E-state index in [1.165, 1.54) is 6.07 Å². The quantitative estimate of drug-likeness (QED) is 0.876. The lowest BCUT2D eigenvalue weighted by atomic mass is 9.98. The van der Waals surface area contributed by atoms with E-state index in [0.717, 1.165) is 5.69 Å². The van der Waals surface area contributed by atoms with Gasteiger partial charge in [-0.25, -0.2) is 4.39 Å². The third kappa shape index (κ3) is 1.88. The van der Waals surface area contributed by atoms with Gasteiger partial charge in [-0.05, 0) is 32.4 Å². The first kappa shape index (κ1) is 11.9. The largest absolute Gasteiger partial charge is 0.481 e. The smallest absolute Gasteiger partial charge is 0.308 e. The van der Waals surface area contributed by atoms with Crippen LogP contribution in [-0.2, 0) is 11.2 Å². The molecule has 0 aromatic heterocycles. The molecular weight excluding hydrogens is 221 g/mol. The predicted molar refractivity (Wildman–Crippen MR) is 63.7 cm³/mol. The van der Waals surface area contributed by atoms with Crippen LogP contribution in [0.4, 0.5) is 10.1 Å². The molecule has 2 unspecified atom stereocenters. The van der Waals surface area contributed by atoms with E-state index in [1.54, 1.807) is 13.0 Å². The first-order valence-corrected chi connectivity index (χ1v) is 5.83. The van der Waals surface area contributed by atoms with Crippen LogP contribution in [0.2, 0.25) is 0 Å². The average Bonchev–Trinajstić information content (AvgIpc) is 2.67. The van der Waals surface area contributed by atoms with Gasteiger partial charge in [-0.2, -0.15) is 0 Å². The fraction of sp³-hybridized carbons (Fsp3) is 0.462. The monoisotopic (exact) mass is 237 g/mol. The zero-order valence-electron chi connectivity index (χ0n) is 9.98. The highest BCUT2D eigenvalue weighted by Gasteiger charge is 2.36. The summed E-state index contributed by atoms with van der Waals surface area (Å²) in [6.07, 6.45) is 0.476. The van der Waals surface area contributed by atoms with Gasteiger partial charge in [0.1, 0.15) is 5.82 Å². The lowest BCUT2D eigenvalue weighted by molar-refractivity contribution is -0.141. The van der Waals surface area contributed by atoms with Gasteiger partial charge in [0.05, 0.1) is 5.92 Å². The van der Waals surface area contributed by atoms with Gasteiger partial charge in [-0.15, -0.1) is 0 Å².